The van der Waals surface area contributed by atoms with Gasteiger partial charge in [0.2, 0.25) is 5.91 Å². The molecule has 0 radical (unpaired) electrons. The van der Waals surface area contributed by atoms with Gasteiger partial charge in [-0.1, -0.05) is 0 Å². The van der Waals surface area contributed by atoms with Crippen LogP contribution in [0.1, 0.15) is 32.3 Å². The lowest BCUT2D eigenvalue weighted by molar-refractivity contribution is -0.135. The van der Waals surface area contributed by atoms with Crippen LogP contribution >= 0.6 is 34.4 Å². The molecule has 2 aliphatic heterocycles. The first kappa shape index (κ1) is 21.9. The van der Waals surface area contributed by atoms with E-state index in [1.165, 1.54) is 0 Å². The van der Waals surface area contributed by atoms with E-state index in [9.17, 15) is 14.4 Å². The Kier molecular flexibility index (Phi) is 7.10. The number of thioether (sulfide) groups is 1. The van der Waals surface area contributed by atoms with Crippen LogP contribution in [0.5, 0.6) is 11.5 Å². The molecule has 3 rings (SSSR count). The minimum atomic E-state index is -0.441. The van der Waals surface area contributed by atoms with Crippen molar-refractivity contribution in [2.24, 2.45) is 0 Å². The lowest BCUT2D eigenvalue weighted by atomic mass is 10.1. The summed E-state index contributed by atoms with van der Waals surface area (Å²) in [6.07, 6.45) is 3.57. The molecule has 9 heteroatoms. The first-order valence-electron chi connectivity index (χ1n) is 9.37. The van der Waals surface area contributed by atoms with Crippen molar-refractivity contribution in [3.05, 3.63) is 26.2 Å². The summed E-state index contributed by atoms with van der Waals surface area (Å²) in [5.41, 5.74) is 0.721. The van der Waals surface area contributed by atoms with Crippen molar-refractivity contribution in [3.8, 4) is 11.5 Å². The number of rotatable bonds is 6. The molecule has 0 bridgehead atoms. The zero-order valence-corrected chi connectivity index (χ0v) is 19.5. The Morgan fingerprint density at radius 2 is 1.97 bits per heavy atom. The van der Waals surface area contributed by atoms with Crippen LogP contribution in [0.4, 0.5) is 4.79 Å². The van der Waals surface area contributed by atoms with Gasteiger partial charge in [0, 0.05) is 13.1 Å². The topological polar surface area (TPSA) is 76.2 Å². The molecule has 0 atom stereocenters. The van der Waals surface area contributed by atoms with Crippen LogP contribution in [0, 0.1) is 3.57 Å². The number of carbonyl (C=O) groups is 3. The van der Waals surface area contributed by atoms with Gasteiger partial charge in [0.1, 0.15) is 6.54 Å². The van der Waals surface area contributed by atoms with Crippen LogP contribution in [0.15, 0.2) is 17.0 Å². The number of imide groups is 1. The average molecular weight is 530 g/mol. The highest BCUT2D eigenvalue weighted by atomic mass is 127. The fourth-order valence-electron chi connectivity index (χ4n) is 3.16. The SMILES string of the molecule is COc1cc(/C=C2/SC(=O)N(CC(=O)N3CCCC3)C2=O)cc(I)c1OC(C)C. The predicted molar refractivity (Wildman–Crippen MR) is 120 cm³/mol. The third-order valence-electron chi connectivity index (χ3n) is 4.53. The Morgan fingerprint density at radius 3 is 2.59 bits per heavy atom. The van der Waals surface area contributed by atoms with Crippen LogP contribution in [0.2, 0.25) is 0 Å². The summed E-state index contributed by atoms with van der Waals surface area (Å²) in [4.78, 5) is 40.4. The number of carbonyl (C=O) groups excluding carboxylic acids is 3. The summed E-state index contributed by atoms with van der Waals surface area (Å²) in [7, 11) is 1.56. The molecule has 2 heterocycles. The van der Waals surface area contributed by atoms with Gasteiger partial charge in [0.15, 0.2) is 11.5 Å². The summed E-state index contributed by atoms with van der Waals surface area (Å²) >= 11 is 3.00. The maximum absolute atomic E-state index is 12.7. The molecule has 2 saturated heterocycles. The largest absolute Gasteiger partial charge is 0.493 e. The van der Waals surface area contributed by atoms with Gasteiger partial charge in [-0.3, -0.25) is 19.3 Å². The lowest BCUT2D eigenvalue weighted by Crippen LogP contribution is -2.40. The fraction of sp³-hybridized carbons (Fsp3) is 0.450. The third-order valence-corrected chi connectivity index (χ3v) is 6.24. The van der Waals surface area contributed by atoms with E-state index in [-0.39, 0.29) is 18.6 Å². The van der Waals surface area contributed by atoms with Gasteiger partial charge in [-0.2, -0.15) is 0 Å². The van der Waals surface area contributed by atoms with Crippen LogP contribution in [-0.2, 0) is 9.59 Å². The Morgan fingerprint density at radius 1 is 1.28 bits per heavy atom. The maximum Gasteiger partial charge on any atom is 0.294 e. The Hall–Kier alpha value is -1.75. The summed E-state index contributed by atoms with van der Waals surface area (Å²) in [5, 5.41) is -0.421. The van der Waals surface area contributed by atoms with E-state index in [1.807, 2.05) is 19.9 Å². The second kappa shape index (κ2) is 9.38. The highest BCUT2D eigenvalue weighted by molar-refractivity contribution is 14.1. The minimum Gasteiger partial charge on any atom is -0.493 e. The molecule has 1 aromatic carbocycles. The number of hydrogen-bond donors (Lipinski definition) is 0. The first-order chi connectivity index (χ1) is 13.8. The highest BCUT2D eigenvalue weighted by Crippen LogP contribution is 2.37. The van der Waals surface area contributed by atoms with Crippen molar-refractivity contribution in [1.29, 1.82) is 0 Å². The number of nitrogens with zero attached hydrogens (tertiary/aromatic N) is 2. The average Bonchev–Trinajstić information content (AvgIpc) is 3.28. The standard InChI is InChI=1S/C20H23IN2O5S/c1-12(2)28-18-14(21)8-13(9-15(18)27-3)10-16-19(25)23(20(26)29-16)11-17(24)22-6-4-5-7-22/h8-10,12H,4-7,11H2,1-3H3/b16-10+. The minimum absolute atomic E-state index is 0.00657. The highest BCUT2D eigenvalue weighted by Gasteiger charge is 2.37. The molecule has 3 amide bonds. The van der Waals surface area contributed by atoms with Gasteiger partial charge in [-0.05, 0) is 84.8 Å². The quantitative estimate of drug-likeness (QED) is 0.412. The number of ether oxygens (including phenoxy) is 2. The van der Waals surface area contributed by atoms with Crippen molar-refractivity contribution >= 4 is 57.5 Å². The molecule has 7 nitrogen and oxygen atoms in total. The van der Waals surface area contributed by atoms with Crippen LogP contribution in [-0.4, -0.2) is 59.7 Å². The van der Waals surface area contributed by atoms with Crippen molar-refractivity contribution in [2.75, 3.05) is 26.7 Å². The number of halogens is 1. The number of methoxy groups -OCH3 is 1. The summed E-state index contributed by atoms with van der Waals surface area (Å²) in [5.74, 6) is 0.575. The van der Waals surface area contributed by atoms with E-state index < -0.39 is 11.1 Å². The van der Waals surface area contributed by atoms with Gasteiger partial charge >= 0.3 is 0 Å². The first-order valence-corrected chi connectivity index (χ1v) is 11.3. The number of hydrogen-bond acceptors (Lipinski definition) is 6. The monoisotopic (exact) mass is 530 g/mol. The fourth-order valence-corrected chi connectivity index (χ4v) is 4.75. The zero-order valence-electron chi connectivity index (χ0n) is 16.6. The van der Waals surface area contributed by atoms with Gasteiger partial charge in [0.25, 0.3) is 11.1 Å². The van der Waals surface area contributed by atoms with Crippen molar-refractivity contribution in [2.45, 2.75) is 32.8 Å². The van der Waals surface area contributed by atoms with Gasteiger partial charge in [-0.15, -0.1) is 0 Å². The molecule has 0 spiro atoms. The van der Waals surface area contributed by atoms with Crippen LogP contribution < -0.4 is 9.47 Å². The molecular formula is C20H23IN2O5S. The van der Waals surface area contributed by atoms with Gasteiger partial charge in [-0.25, -0.2) is 0 Å². The van der Waals surface area contributed by atoms with Crippen LogP contribution in [0.25, 0.3) is 6.08 Å². The number of benzene rings is 1. The van der Waals surface area contributed by atoms with E-state index in [1.54, 1.807) is 24.2 Å². The summed E-state index contributed by atoms with van der Waals surface area (Å²) in [6.45, 7) is 5.04. The molecule has 0 N–H and O–H groups in total. The van der Waals surface area contributed by atoms with E-state index in [0.29, 0.717) is 29.5 Å². The molecule has 0 aliphatic carbocycles. The van der Waals surface area contributed by atoms with E-state index in [0.717, 1.165) is 38.6 Å². The molecule has 0 aromatic heterocycles. The lowest BCUT2D eigenvalue weighted by Gasteiger charge is -2.18. The zero-order chi connectivity index (χ0) is 21.1. The maximum atomic E-state index is 12.7. The number of likely N-dealkylation sites (tertiary alicyclic amines) is 1. The van der Waals surface area contributed by atoms with Gasteiger partial charge < -0.3 is 14.4 Å². The van der Waals surface area contributed by atoms with E-state index >= 15 is 0 Å². The molecule has 2 aliphatic rings. The second-order valence-electron chi connectivity index (χ2n) is 7.06. The third kappa shape index (κ3) is 5.06. The Balaban J connectivity index is 1.80. The molecule has 156 valence electrons. The summed E-state index contributed by atoms with van der Waals surface area (Å²) in [6, 6.07) is 3.63. The molecule has 0 saturated carbocycles. The predicted octanol–water partition coefficient (Wildman–Crippen LogP) is 3.75. The Bertz CT molecular complexity index is 865. The number of amides is 3. The summed E-state index contributed by atoms with van der Waals surface area (Å²) < 4.78 is 12.1. The van der Waals surface area contributed by atoms with Crippen molar-refractivity contribution in [1.82, 2.24) is 9.80 Å². The van der Waals surface area contributed by atoms with E-state index in [4.69, 9.17) is 9.47 Å². The molecule has 1 aromatic rings. The normalized spacial score (nSPS) is 18.3. The van der Waals surface area contributed by atoms with E-state index in [2.05, 4.69) is 22.6 Å². The second-order valence-corrected chi connectivity index (χ2v) is 9.21. The van der Waals surface area contributed by atoms with Crippen molar-refractivity contribution < 1.29 is 23.9 Å². The molecule has 0 unspecified atom stereocenters. The van der Waals surface area contributed by atoms with Crippen LogP contribution in [0.3, 0.4) is 0 Å². The Labute approximate surface area is 187 Å². The molecule has 29 heavy (non-hydrogen) atoms. The smallest absolute Gasteiger partial charge is 0.294 e. The van der Waals surface area contributed by atoms with Crippen molar-refractivity contribution in [3.63, 3.8) is 0 Å². The molecular weight excluding hydrogens is 507 g/mol. The van der Waals surface area contributed by atoms with Gasteiger partial charge in [0.05, 0.1) is 21.7 Å². The molecule has 2 fully saturated rings.